The van der Waals surface area contributed by atoms with Crippen LogP contribution in [0.1, 0.15) is 44.2 Å². The van der Waals surface area contributed by atoms with E-state index in [1.165, 1.54) is 18.4 Å². The number of nitrogens with two attached hydrogens (primary N) is 1. The average Bonchev–Trinajstić information content (AvgIpc) is 3.02. The molecule has 1 aliphatic rings. The Bertz CT molecular complexity index is 429. The molecule has 0 aliphatic carbocycles. The van der Waals surface area contributed by atoms with Crippen LogP contribution < -0.4 is 11.1 Å². The molecule has 2 rings (SSSR count). The van der Waals surface area contributed by atoms with Crippen LogP contribution >= 0.6 is 0 Å². The molecule has 1 aromatic carbocycles. The van der Waals surface area contributed by atoms with Gasteiger partial charge in [0.15, 0.2) is 0 Å². The van der Waals surface area contributed by atoms with Crippen molar-refractivity contribution in [1.82, 2.24) is 10.2 Å². The summed E-state index contributed by atoms with van der Waals surface area (Å²) < 4.78 is 0. The Morgan fingerprint density at radius 3 is 2.57 bits per heavy atom. The molecule has 1 aliphatic heterocycles. The molecule has 21 heavy (non-hydrogen) atoms. The van der Waals surface area contributed by atoms with Crippen LogP contribution in [-0.4, -0.2) is 36.5 Å². The Balaban J connectivity index is 1.95. The first-order chi connectivity index (χ1) is 10.2. The zero-order chi connectivity index (χ0) is 15.1. The van der Waals surface area contributed by atoms with Crippen molar-refractivity contribution >= 4 is 5.91 Å². The molecule has 4 heteroatoms. The van der Waals surface area contributed by atoms with E-state index in [1.807, 2.05) is 13.0 Å². The number of amides is 1. The molecule has 1 aromatic rings. The van der Waals surface area contributed by atoms with Crippen molar-refractivity contribution in [2.24, 2.45) is 5.73 Å². The zero-order valence-corrected chi connectivity index (χ0v) is 12.9. The minimum absolute atomic E-state index is 0.0352. The zero-order valence-electron chi connectivity index (χ0n) is 12.9. The highest BCUT2D eigenvalue weighted by molar-refractivity contribution is 5.76. The molecule has 0 aromatic heterocycles. The lowest BCUT2D eigenvalue weighted by Gasteiger charge is -2.28. The summed E-state index contributed by atoms with van der Waals surface area (Å²) in [5.74, 6) is 0.0597. The van der Waals surface area contributed by atoms with E-state index in [0.717, 1.165) is 19.5 Å². The van der Waals surface area contributed by atoms with Crippen LogP contribution in [0, 0.1) is 0 Å². The van der Waals surface area contributed by atoms with Crippen molar-refractivity contribution in [2.45, 2.75) is 44.7 Å². The van der Waals surface area contributed by atoms with Gasteiger partial charge in [0.25, 0.3) is 0 Å². The van der Waals surface area contributed by atoms with E-state index < -0.39 is 0 Å². The van der Waals surface area contributed by atoms with Gasteiger partial charge in [-0.25, -0.2) is 0 Å². The number of benzene rings is 1. The second-order valence-electron chi connectivity index (χ2n) is 5.85. The summed E-state index contributed by atoms with van der Waals surface area (Å²) in [5, 5.41) is 3.06. The van der Waals surface area contributed by atoms with Crippen LogP contribution in [0.25, 0.3) is 0 Å². The van der Waals surface area contributed by atoms with Gasteiger partial charge in [0.2, 0.25) is 5.91 Å². The van der Waals surface area contributed by atoms with Gasteiger partial charge in [0, 0.05) is 19.0 Å². The largest absolute Gasteiger partial charge is 0.354 e. The highest BCUT2D eigenvalue weighted by Gasteiger charge is 2.23. The maximum absolute atomic E-state index is 12.0. The Labute approximate surface area is 127 Å². The van der Waals surface area contributed by atoms with E-state index in [4.69, 9.17) is 5.73 Å². The van der Waals surface area contributed by atoms with Gasteiger partial charge in [-0.2, -0.15) is 0 Å². The molecular formula is C17H27N3O. The standard InChI is InChI=1S/C17H27N3O/c1-2-15(18)12-17(21)19-13-16(20-10-6-7-11-20)14-8-4-3-5-9-14/h3-5,8-9,15-16H,2,6-7,10-13,18H2,1H3,(H,19,21). The van der Waals surface area contributed by atoms with Crippen molar-refractivity contribution < 1.29 is 4.79 Å². The van der Waals surface area contributed by atoms with Gasteiger partial charge < -0.3 is 11.1 Å². The van der Waals surface area contributed by atoms with Crippen molar-refractivity contribution in [1.29, 1.82) is 0 Å². The van der Waals surface area contributed by atoms with Gasteiger partial charge in [0.1, 0.15) is 0 Å². The first kappa shape index (κ1) is 16.0. The Morgan fingerprint density at radius 1 is 1.29 bits per heavy atom. The summed E-state index contributed by atoms with van der Waals surface area (Å²) in [4.78, 5) is 14.4. The lowest BCUT2D eigenvalue weighted by molar-refractivity contribution is -0.121. The minimum atomic E-state index is -0.0352. The summed E-state index contributed by atoms with van der Waals surface area (Å²) in [6.07, 6.45) is 3.75. The van der Waals surface area contributed by atoms with Crippen molar-refractivity contribution in [3.63, 3.8) is 0 Å². The number of carbonyl (C=O) groups excluding carboxylic acids is 1. The first-order valence-corrected chi connectivity index (χ1v) is 8.02. The number of nitrogens with zero attached hydrogens (tertiary/aromatic N) is 1. The minimum Gasteiger partial charge on any atom is -0.354 e. The van der Waals surface area contributed by atoms with E-state index in [0.29, 0.717) is 13.0 Å². The van der Waals surface area contributed by atoms with E-state index in [1.54, 1.807) is 0 Å². The van der Waals surface area contributed by atoms with Crippen molar-refractivity contribution in [3.05, 3.63) is 35.9 Å². The lowest BCUT2D eigenvalue weighted by atomic mass is 10.1. The molecule has 0 radical (unpaired) electrons. The second-order valence-corrected chi connectivity index (χ2v) is 5.85. The molecule has 0 bridgehead atoms. The quantitative estimate of drug-likeness (QED) is 0.808. The highest BCUT2D eigenvalue weighted by atomic mass is 16.1. The molecule has 1 amide bonds. The first-order valence-electron chi connectivity index (χ1n) is 8.02. The number of rotatable bonds is 7. The van der Waals surface area contributed by atoms with Gasteiger partial charge >= 0.3 is 0 Å². The number of hydrogen-bond donors (Lipinski definition) is 2. The fourth-order valence-corrected chi connectivity index (χ4v) is 2.85. The van der Waals surface area contributed by atoms with Gasteiger partial charge in [0.05, 0.1) is 6.04 Å². The molecule has 4 nitrogen and oxygen atoms in total. The van der Waals surface area contributed by atoms with Crippen LogP contribution in [0.2, 0.25) is 0 Å². The fraction of sp³-hybridized carbons (Fsp3) is 0.588. The smallest absolute Gasteiger partial charge is 0.221 e. The molecule has 2 atom stereocenters. The number of nitrogens with one attached hydrogen (secondary N) is 1. The van der Waals surface area contributed by atoms with E-state index in [9.17, 15) is 4.79 Å². The third-order valence-electron chi connectivity index (χ3n) is 4.23. The third-order valence-corrected chi connectivity index (χ3v) is 4.23. The van der Waals surface area contributed by atoms with Crippen molar-refractivity contribution in [2.75, 3.05) is 19.6 Å². The van der Waals surface area contributed by atoms with Crippen LogP contribution in [0.5, 0.6) is 0 Å². The summed E-state index contributed by atoms with van der Waals surface area (Å²) in [6, 6.07) is 10.7. The molecule has 1 saturated heterocycles. The van der Waals surface area contributed by atoms with Gasteiger partial charge in [-0.1, -0.05) is 37.3 Å². The Morgan fingerprint density at radius 2 is 1.95 bits per heavy atom. The van der Waals surface area contributed by atoms with Gasteiger partial charge in [-0.05, 0) is 37.9 Å². The maximum Gasteiger partial charge on any atom is 0.221 e. The molecule has 0 spiro atoms. The number of carbonyl (C=O) groups is 1. The molecule has 1 heterocycles. The summed E-state index contributed by atoms with van der Waals surface area (Å²) in [5.41, 5.74) is 7.12. The normalized spacial score (nSPS) is 18.4. The monoisotopic (exact) mass is 289 g/mol. The Hall–Kier alpha value is -1.39. The van der Waals surface area contributed by atoms with E-state index >= 15 is 0 Å². The predicted molar refractivity (Wildman–Crippen MR) is 85.9 cm³/mol. The summed E-state index contributed by atoms with van der Waals surface area (Å²) >= 11 is 0. The molecular weight excluding hydrogens is 262 g/mol. The van der Waals surface area contributed by atoms with Crippen LogP contribution in [-0.2, 0) is 4.79 Å². The SMILES string of the molecule is CCC(N)CC(=O)NCC(c1ccccc1)N1CCCC1. The van der Waals surface area contributed by atoms with Crippen LogP contribution in [0.3, 0.4) is 0 Å². The molecule has 3 N–H and O–H groups in total. The van der Waals surface area contributed by atoms with Crippen molar-refractivity contribution in [3.8, 4) is 0 Å². The maximum atomic E-state index is 12.0. The lowest BCUT2D eigenvalue weighted by Crippen LogP contribution is -2.38. The topological polar surface area (TPSA) is 58.4 Å². The second kappa shape index (κ2) is 8.15. The average molecular weight is 289 g/mol. The summed E-state index contributed by atoms with van der Waals surface area (Å²) in [7, 11) is 0. The van der Waals surface area contributed by atoms with Crippen LogP contribution in [0.4, 0.5) is 0 Å². The molecule has 116 valence electrons. The van der Waals surface area contributed by atoms with E-state index in [2.05, 4.69) is 34.5 Å². The number of hydrogen-bond acceptors (Lipinski definition) is 3. The third kappa shape index (κ3) is 4.83. The van der Waals surface area contributed by atoms with E-state index in [-0.39, 0.29) is 18.0 Å². The molecule has 2 unspecified atom stereocenters. The summed E-state index contributed by atoms with van der Waals surface area (Å²) in [6.45, 7) is 4.90. The molecule has 0 saturated carbocycles. The fourth-order valence-electron chi connectivity index (χ4n) is 2.85. The van der Waals surface area contributed by atoms with Gasteiger partial charge in [-0.3, -0.25) is 9.69 Å². The van der Waals surface area contributed by atoms with Gasteiger partial charge in [-0.15, -0.1) is 0 Å². The predicted octanol–water partition coefficient (Wildman–Crippen LogP) is 2.07. The Kier molecular flexibility index (Phi) is 6.21. The number of likely N-dealkylation sites (tertiary alicyclic amines) is 1. The highest BCUT2D eigenvalue weighted by Crippen LogP contribution is 2.24. The van der Waals surface area contributed by atoms with Crippen LogP contribution in [0.15, 0.2) is 30.3 Å². The molecule has 1 fully saturated rings.